The number of hydrogen-bond donors (Lipinski definition) is 0. The summed E-state index contributed by atoms with van der Waals surface area (Å²) >= 11 is 0. The smallest absolute Gasteiger partial charge is 0.185 e. The molecule has 6 heteroatoms. The van der Waals surface area contributed by atoms with Crippen LogP contribution in [0, 0.1) is 6.92 Å². The molecule has 0 aliphatic carbocycles. The van der Waals surface area contributed by atoms with Crippen LogP contribution in [0.3, 0.4) is 0 Å². The maximum absolute atomic E-state index is 10.7. The van der Waals surface area contributed by atoms with Crippen molar-refractivity contribution in [3.8, 4) is 17.0 Å². The third-order valence-electron chi connectivity index (χ3n) is 2.76. The monoisotopic (exact) mass is 254 g/mol. The number of benzene rings is 1. The summed E-state index contributed by atoms with van der Waals surface area (Å²) in [4.78, 5) is 10.7. The molecule has 0 spiro atoms. The minimum absolute atomic E-state index is 0.291. The van der Waals surface area contributed by atoms with Gasteiger partial charge in [0, 0.05) is 5.56 Å². The topological polar surface area (TPSA) is 73.8 Å². The molecule has 6 nitrogen and oxygen atoms in total. The van der Waals surface area contributed by atoms with Crippen LogP contribution in [-0.4, -0.2) is 26.5 Å². The maximum atomic E-state index is 10.7. The van der Waals surface area contributed by atoms with Crippen LogP contribution in [-0.2, 0) is 0 Å². The minimum Gasteiger partial charge on any atom is -0.453 e. The molecule has 0 aliphatic rings. The highest BCUT2D eigenvalue weighted by Crippen LogP contribution is 2.28. The average molecular weight is 254 g/mol. The number of nitrogens with zero attached hydrogens (tertiary/aromatic N) is 4. The molecule has 0 N–H and O–H groups in total. The van der Waals surface area contributed by atoms with Gasteiger partial charge in [-0.15, -0.1) is 5.10 Å². The summed E-state index contributed by atoms with van der Waals surface area (Å²) in [5, 5.41) is 11.1. The summed E-state index contributed by atoms with van der Waals surface area (Å²) in [6.45, 7) is 1.98. The van der Waals surface area contributed by atoms with Crippen molar-refractivity contribution in [1.29, 1.82) is 0 Å². The molecule has 0 unspecified atom stereocenters. The Bertz CT molecular complexity index is 716. The van der Waals surface area contributed by atoms with Gasteiger partial charge in [-0.1, -0.05) is 11.6 Å². The van der Waals surface area contributed by atoms with Gasteiger partial charge in [-0.05, 0) is 41.6 Å². The lowest BCUT2D eigenvalue weighted by atomic mass is 10.1. The molecule has 0 saturated heterocycles. The van der Waals surface area contributed by atoms with Crippen LogP contribution in [0.5, 0.6) is 0 Å². The summed E-state index contributed by atoms with van der Waals surface area (Å²) < 4.78 is 7.02. The molecule has 0 fully saturated rings. The van der Waals surface area contributed by atoms with E-state index in [-0.39, 0.29) is 0 Å². The Morgan fingerprint density at radius 2 is 2.16 bits per heavy atom. The van der Waals surface area contributed by atoms with Crippen LogP contribution in [0.15, 0.2) is 41.1 Å². The number of aryl methyl sites for hydroxylation is 1. The predicted octanol–water partition coefficient (Wildman–Crippen LogP) is 2.04. The van der Waals surface area contributed by atoms with E-state index < -0.39 is 0 Å². The van der Waals surface area contributed by atoms with Crippen LogP contribution in [0.4, 0.5) is 0 Å². The number of aromatic nitrogens is 4. The molecule has 94 valence electrons. The van der Waals surface area contributed by atoms with Gasteiger partial charge in [0.1, 0.15) is 12.1 Å². The first-order chi connectivity index (χ1) is 9.28. The number of carbonyl (C=O) groups is 1. The van der Waals surface area contributed by atoms with Crippen molar-refractivity contribution in [2.24, 2.45) is 0 Å². The zero-order valence-electron chi connectivity index (χ0n) is 10.1. The predicted molar refractivity (Wildman–Crippen MR) is 67.0 cm³/mol. The van der Waals surface area contributed by atoms with Gasteiger partial charge in [-0.3, -0.25) is 4.79 Å². The van der Waals surface area contributed by atoms with E-state index >= 15 is 0 Å². The molecule has 19 heavy (non-hydrogen) atoms. The summed E-state index contributed by atoms with van der Waals surface area (Å²) in [6, 6.07) is 9.22. The highest BCUT2D eigenvalue weighted by atomic mass is 16.3. The van der Waals surface area contributed by atoms with E-state index in [0.717, 1.165) is 16.8 Å². The Kier molecular flexibility index (Phi) is 2.68. The Balaban J connectivity index is 2.18. The summed E-state index contributed by atoms with van der Waals surface area (Å²) in [6.07, 6.45) is 2.19. The van der Waals surface area contributed by atoms with Gasteiger partial charge in [0.15, 0.2) is 12.0 Å². The van der Waals surface area contributed by atoms with Crippen LogP contribution >= 0.6 is 0 Å². The lowest BCUT2D eigenvalue weighted by Crippen LogP contribution is -1.98. The zero-order chi connectivity index (χ0) is 13.2. The van der Waals surface area contributed by atoms with E-state index in [1.165, 1.54) is 6.33 Å². The van der Waals surface area contributed by atoms with Gasteiger partial charge in [0.05, 0.1) is 5.69 Å². The molecule has 3 rings (SSSR count). The lowest BCUT2D eigenvalue weighted by Gasteiger charge is -2.07. The average Bonchev–Trinajstić information content (AvgIpc) is 3.10. The number of carbonyl (C=O) groups excluding carboxylic acids is 1. The lowest BCUT2D eigenvalue weighted by molar-refractivity contribution is 0.110. The first-order valence-electron chi connectivity index (χ1n) is 5.67. The first kappa shape index (κ1) is 11.3. The minimum atomic E-state index is 0.291. The van der Waals surface area contributed by atoms with Gasteiger partial charge in [0.2, 0.25) is 0 Å². The van der Waals surface area contributed by atoms with Crippen molar-refractivity contribution < 1.29 is 9.21 Å². The Labute approximate surface area is 108 Å². The van der Waals surface area contributed by atoms with E-state index in [2.05, 4.69) is 15.5 Å². The van der Waals surface area contributed by atoms with Gasteiger partial charge in [-0.25, -0.2) is 0 Å². The molecule has 2 aromatic heterocycles. The fraction of sp³-hybridized carbons (Fsp3) is 0.0769. The molecule has 0 atom stereocenters. The van der Waals surface area contributed by atoms with Crippen LogP contribution < -0.4 is 0 Å². The summed E-state index contributed by atoms with van der Waals surface area (Å²) in [5.74, 6) is 0.899. The molecule has 0 aliphatic heterocycles. The van der Waals surface area contributed by atoms with Crippen molar-refractivity contribution in [2.75, 3.05) is 0 Å². The zero-order valence-corrected chi connectivity index (χ0v) is 10.1. The standard InChI is InChI=1S/C13H10N4O2/c1-9-2-4-12(17-8-14-15-16-17)11(6-9)13-5-3-10(7-18)19-13/h2-8H,1H3. The molecular weight excluding hydrogens is 244 g/mol. The van der Waals surface area contributed by atoms with Gasteiger partial charge in [-0.2, -0.15) is 4.68 Å². The van der Waals surface area contributed by atoms with Gasteiger partial charge >= 0.3 is 0 Å². The first-order valence-corrected chi connectivity index (χ1v) is 5.67. The fourth-order valence-electron chi connectivity index (χ4n) is 1.88. The van der Waals surface area contributed by atoms with E-state index in [1.807, 2.05) is 25.1 Å². The number of aldehydes is 1. The van der Waals surface area contributed by atoms with Crippen molar-refractivity contribution >= 4 is 6.29 Å². The molecule has 0 amide bonds. The molecule has 0 bridgehead atoms. The third kappa shape index (κ3) is 2.03. The highest BCUT2D eigenvalue weighted by Gasteiger charge is 2.12. The highest BCUT2D eigenvalue weighted by molar-refractivity contribution is 5.75. The fourth-order valence-corrected chi connectivity index (χ4v) is 1.88. The molecule has 0 saturated carbocycles. The van der Waals surface area contributed by atoms with Crippen molar-refractivity contribution in [2.45, 2.75) is 6.92 Å². The molecule has 0 radical (unpaired) electrons. The quantitative estimate of drug-likeness (QED) is 0.669. The Hall–Kier alpha value is -2.76. The SMILES string of the molecule is Cc1ccc(-n2cnnn2)c(-c2ccc(C=O)o2)c1. The summed E-state index contributed by atoms with van der Waals surface area (Å²) in [7, 11) is 0. The second-order valence-electron chi connectivity index (χ2n) is 4.09. The van der Waals surface area contributed by atoms with Gasteiger partial charge < -0.3 is 4.42 Å². The molecule has 2 heterocycles. The van der Waals surface area contributed by atoms with E-state index in [0.29, 0.717) is 17.8 Å². The van der Waals surface area contributed by atoms with E-state index in [9.17, 15) is 4.79 Å². The number of rotatable bonds is 3. The maximum Gasteiger partial charge on any atom is 0.185 e. The van der Waals surface area contributed by atoms with E-state index in [1.54, 1.807) is 16.8 Å². The molecule has 3 aromatic rings. The van der Waals surface area contributed by atoms with Crippen molar-refractivity contribution in [1.82, 2.24) is 20.2 Å². The Morgan fingerprint density at radius 1 is 1.26 bits per heavy atom. The van der Waals surface area contributed by atoms with Crippen molar-refractivity contribution in [3.05, 3.63) is 48.0 Å². The number of tetrazole rings is 1. The van der Waals surface area contributed by atoms with Crippen LogP contribution in [0.1, 0.15) is 16.1 Å². The normalized spacial score (nSPS) is 10.6. The van der Waals surface area contributed by atoms with E-state index in [4.69, 9.17) is 4.42 Å². The molecule has 1 aromatic carbocycles. The Morgan fingerprint density at radius 3 is 2.84 bits per heavy atom. The third-order valence-corrected chi connectivity index (χ3v) is 2.76. The number of furan rings is 1. The van der Waals surface area contributed by atoms with Gasteiger partial charge in [0.25, 0.3) is 0 Å². The largest absolute Gasteiger partial charge is 0.453 e. The second-order valence-corrected chi connectivity index (χ2v) is 4.09. The van der Waals surface area contributed by atoms with Crippen molar-refractivity contribution in [3.63, 3.8) is 0 Å². The number of hydrogen-bond acceptors (Lipinski definition) is 5. The van der Waals surface area contributed by atoms with Crippen LogP contribution in [0.25, 0.3) is 17.0 Å². The summed E-state index contributed by atoms with van der Waals surface area (Å²) in [5.41, 5.74) is 2.71. The molecular formula is C13H10N4O2. The van der Waals surface area contributed by atoms with Crippen LogP contribution in [0.2, 0.25) is 0 Å². The second kappa shape index (κ2) is 4.49.